The molecule has 0 spiro atoms. The van der Waals surface area contributed by atoms with Gasteiger partial charge in [0, 0.05) is 24.3 Å². The second-order valence-electron chi connectivity index (χ2n) is 8.87. The summed E-state index contributed by atoms with van der Waals surface area (Å²) in [6.07, 6.45) is 0.0442. The van der Waals surface area contributed by atoms with Crippen LogP contribution in [0.3, 0.4) is 0 Å². The van der Waals surface area contributed by atoms with E-state index in [4.69, 9.17) is 9.47 Å². The van der Waals surface area contributed by atoms with Crippen molar-refractivity contribution in [3.05, 3.63) is 59.2 Å². The van der Waals surface area contributed by atoms with Crippen LogP contribution in [0.4, 0.5) is 11.4 Å². The van der Waals surface area contributed by atoms with Crippen molar-refractivity contribution in [2.24, 2.45) is 11.8 Å². The largest absolute Gasteiger partial charge is 0.462 e. The number of aryl methyl sites for hydroxylation is 2. The molecule has 0 aliphatic carbocycles. The number of esters is 2. The van der Waals surface area contributed by atoms with Crippen LogP contribution in [-0.2, 0) is 23.9 Å². The maximum Gasteiger partial charge on any atom is 0.338 e. The molecule has 1 atom stereocenters. The molecule has 8 nitrogen and oxygen atoms in total. The third-order valence-corrected chi connectivity index (χ3v) is 5.47. The zero-order chi connectivity index (χ0) is 24.8. The number of amides is 2. The van der Waals surface area contributed by atoms with Crippen molar-refractivity contribution in [3.8, 4) is 0 Å². The summed E-state index contributed by atoms with van der Waals surface area (Å²) in [6, 6.07) is 12.0. The van der Waals surface area contributed by atoms with E-state index >= 15 is 0 Å². The molecule has 1 saturated heterocycles. The molecular formula is C26H30N2O6. The number of para-hydroxylation sites is 1. The molecule has 34 heavy (non-hydrogen) atoms. The van der Waals surface area contributed by atoms with Crippen molar-refractivity contribution in [3.63, 3.8) is 0 Å². The molecule has 1 aliphatic heterocycles. The Labute approximate surface area is 199 Å². The molecule has 0 radical (unpaired) electrons. The van der Waals surface area contributed by atoms with E-state index in [1.807, 2.05) is 45.9 Å². The molecule has 180 valence electrons. The fourth-order valence-corrected chi connectivity index (χ4v) is 3.78. The van der Waals surface area contributed by atoms with Crippen LogP contribution < -0.4 is 10.2 Å². The van der Waals surface area contributed by atoms with E-state index in [0.717, 1.165) is 16.8 Å². The van der Waals surface area contributed by atoms with Crippen LogP contribution in [0, 0.1) is 25.7 Å². The van der Waals surface area contributed by atoms with Crippen molar-refractivity contribution >= 4 is 35.1 Å². The minimum Gasteiger partial charge on any atom is -0.462 e. The average Bonchev–Trinajstić information content (AvgIpc) is 3.17. The molecule has 3 rings (SSSR count). The van der Waals surface area contributed by atoms with E-state index in [1.165, 1.54) is 0 Å². The molecule has 1 heterocycles. The van der Waals surface area contributed by atoms with Gasteiger partial charge < -0.3 is 19.7 Å². The highest BCUT2D eigenvalue weighted by Crippen LogP contribution is 2.31. The molecule has 0 unspecified atom stereocenters. The maximum atomic E-state index is 12.5. The smallest absolute Gasteiger partial charge is 0.338 e. The highest BCUT2D eigenvalue weighted by molar-refractivity contribution is 6.01. The van der Waals surface area contributed by atoms with Crippen LogP contribution in [0.25, 0.3) is 0 Å². The van der Waals surface area contributed by atoms with Gasteiger partial charge in [-0.1, -0.05) is 32.0 Å². The Hall–Kier alpha value is -3.68. The second kappa shape index (κ2) is 11.0. The lowest BCUT2D eigenvalue weighted by atomic mass is 10.1. The van der Waals surface area contributed by atoms with Gasteiger partial charge in [-0.3, -0.25) is 14.4 Å². The first-order chi connectivity index (χ1) is 16.2. The molecule has 8 heteroatoms. The first kappa shape index (κ1) is 25.0. The lowest BCUT2D eigenvalue weighted by molar-refractivity contribution is -0.151. The fourth-order valence-electron chi connectivity index (χ4n) is 3.78. The minimum atomic E-state index is -0.629. The Morgan fingerprint density at radius 3 is 2.29 bits per heavy atom. The molecule has 1 aliphatic rings. The summed E-state index contributed by atoms with van der Waals surface area (Å²) in [5.74, 6) is -2.06. The summed E-state index contributed by atoms with van der Waals surface area (Å²) >= 11 is 0. The van der Waals surface area contributed by atoms with Gasteiger partial charge in [-0.25, -0.2) is 4.79 Å². The highest BCUT2D eigenvalue weighted by atomic mass is 16.5. The predicted octanol–water partition coefficient (Wildman–Crippen LogP) is 3.65. The predicted molar refractivity (Wildman–Crippen MR) is 128 cm³/mol. The van der Waals surface area contributed by atoms with Gasteiger partial charge in [-0.15, -0.1) is 0 Å². The summed E-state index contributed by atoms with van der Waals surface area (Å²) in [6.45, 7) is 7.83. The van der Waals surface area contributed by atoms with Crippen LogP contribution in [0.15, 0.2) is 42.5 Å². The van der Waals surface area contributed by atoms with E-state index in [0.29, 0.717) is 17.9 Å². The summed E-state index contributed by atoms with van der Waals surface area (Å²) in [5.41, 5.74) is 3.57. The number of carbonyl (C=O) groups excluding carboxylic acids is 4. The Kier molecular flexibility index (Phi) is 8.04. The van der Waals surface area contributed by atoms with Crippen molar-refractivity contribution in [2.75, 3.05) is 30.0 Å². The topological polar surface area (TPSA) is 102 Å². The molecule has 0 saturated carbocycles. The normalized spacial score (nSPS) is 15.4. The lowest BCUT2D eigenvalue weighted by Crippen LogP contribution is -2.29. The van der Waals surface area contributed by atoms with Crippen molar-refractivity contribution in [1.29, 1.82) is 0 Å². The van der Waals surface area contributed by atoms with E-state index in [-0.39, 0.29) is 24.8 Å². The molecule has 2 aromatic rings. The van der Waals surface area contributed by atoms with Crippen molar-refractivity contribution in [2.45, 2.75) is 34.1 Å². The highest BCUT2D eigenvalue weighted by Gasteiger charge is 2.37. The Balaban J connectivity index is 1.49. The third kappa shape index (κ3) is 6.21. The number of anilines is 2. The molecular weight excluding hydrogens is 436 g/mol. The molecule has 1 N–H and O–H groups in total. The monoisotopic (exact) mass is 466 g/mol. The van der Waals surface area contributed by atoms with E-state index in [1.54, 1.807) is 29.2 Å². The molecule has 0 aromatic heterocycles. The standard InChI is InChI=1S/C26H30N2O6/c1-16(2)14-33-25(31)19-8-10-21(11-9-19)27-22(29)15-34-26(32)20-12-23(30)28(13-20)24-17(3)6-5-7-18(24)4/h5-11,16,20H,12-15H2,1-4H3,(H,27,29)/t20-/m0/s1. The van der Waals surface area contributed by atoms with Gasteiger partial charge in [0.25, 0.3) is 5.91 Å². The lowest BCUT2D eigenvalue weighted by Gasteiger charge is -2.21. The number of carbonyl (C=O) groups is 4. The average molecular weight is 467 g/mol. The van der Waals surface area contributed by atoms with Gasteiger partial charge in [0.1, 0.15) is 0 Å². The zero-order valence-electron chi connectivity index (χ0n) is 19.9. The summed E-state index contributed by atoms with van der Waals surface area (Å²) < 4.78 is 10.3. The molecule has 1 fully saturated rings. The Morgan fingerprint density at radius 1 is 1.03 bits per heavy atom. The number of hydrogen-bond acceptors (Lipinski definition) is 6. The SMILES string of the molecule is Cc1cccc(C)c1N1C[C@@H](C(=O)OCC(=O)Nc2ccc(C(=O)OCC(C)C)cc2)CC1=O. The number of nitrogens with zero attached hydrogens (tertiary/aromatic N) is 1. The maximum absolute atomic E-state index is 12.5. The number of ether oxygens (including phenoxy) is 2. The van der Waals surface area contributed by atoms with Crippen LogP contribution in [-0.4, -0.2) is 43.5 Å². The summed E-state index contributed by atoms with van der Waals surface area (Å²) in [4.78, 5) is 50.8. The van der Waals surface area contributed by atoms with Gasteiger partial charge in [0.05, 0.1) is 18.1 Å². The molecule has 2 aromatic carbocycles. The van der Waals surface area contributed by atoms with E-state index < -0.39 is 30.4 Å². The minimum absolute atomic E-state index is 0.0442. The first-order valence-electron chi connectivity index (χ1n) is 11.3. The van der Waals surface area contributed by atoms with E-state index in [9.17, 15) is 19.2 Å². The summed E-state index contributed by atoms with van der Waals surface area (Å²) in [7, 11) is 0. The van der Waals surface area contributed by atoms with Gasteiger partial charge in [-0.2, -0.15) is 0 Å². The number of benzene rings is 2. The number of rotatable bonds is 8. The first-order valence-corrected chi connectivity index (χ1v) is 11.3. The van der Waals surface area contributed by atoms with Crippen LogP contribution in [0.2, 0.25) is 0 Å². The zero-order valence-corrected chi connectivity index (χ0v) is 19.9. The molecule has 0 bridgehead atoms. The Morgan fingerprint density at radius 2 is 1.68 bits per heavy atom. The van der Waals surface area contributed by atoms with Gasteiger partial charge in [-0.05, 0) is 55.2 Å². The van der Waals surface area contributed by atoms with Crippen LogP contribution in [0.5, 0.6) is 0 Å². The van der Waals surface area contributed by atoms with Gasteiger partial charge >= 0.3 is 11.9 Å². The van der Waals surface area contributed by atoms with Crippen molar-refractivity contribution in [1.82, 2.24) is 0 Å². The van der Waals surface area contributed by atoms with Crippen LogP contribution in [0.1, 0.15) is 41.8 Å². The number of hydrogen-bond donors (Lipinski definition) is 1. The second-order valence-corrected chi connectivity index (χ2v) is 8.87. The Bertz CT molecular complexity index is 1060. The van der Waals surface area contributed by atoms with Crippen LogP contribution >= 0.6 is 0 Å². The fraction of sp³-hybridized carbons (Fsp3) is 0.385. The van der Waals surface area contributed by atoms with E-state index in [2.05, 4.69) is 5.32 Å². The third-order valence-electron chi connectivity index (χ3n) is 5.47. The quantitative estimate of drug-likeness (QED) is 0.596. The molecule has 2 amide bonds. The van der Waals surface area contributed by atoms with Gasteiger partial charge in [0.15, 0.2) is 6.61 Å². The summed E-state index contributed by atoms with van der Waals surface area (Å²) in [5, 5.41) is 2.62. The number of nitrogens with one attached hydrogen (secondary N) is 1. The van der Waals surface area contributed by atoms with Crippen molar-refractivity contribution < 1.29 is 28.7 Å². The van der Waals surface area contributed by atoms with Gasteiger partial charge in [0.2, 0.25) is 5.91 Å².